The average Bonchev–Trinajstić information content (AvgIpc) is 3.23. The number of carbonyl (C=O) groups is 1. The van der Waals surface area contributed by atoms with Gasteiger partial charge in [0.15, 0.2) is 0 Å². The van der Waals surface area contributed by atoms with Gasteiger partial charge in [-0.2, -0.15) is 0 Å². The fourth-order valence-corrected chi connectivity index (χ4v) is 3.10. The number of para-hydroxylation sites is 1. The van der Waals surface area contributed by atoms with Gasteiger partial charge in [0.25, 0.3) is 5.89 Å². The van der Waals surface area contributed by atoms with Crippen molar-refractivity contribution >= 4 is 11.6 Å². The Morgan fingerprint density at radius 3 is 2.61 bits per heavy atom. The van der Waals surface area contributed by atoms with Crippen LogP contribution in [0, 0.1) is 20.8 Å². The Kier molecular flexibility index (Phi) is 6.26. The second kappa shape index (κ2) is 8.84. The number of benzene rings is 1. The van der Waals surface area contributed by atoms with Crippen molar-refractivity contribution in [3.63, 3.8) is 0 Å². The highest BCUT2D eigenvalue weighted by Crippen LogP contribution is 2.25. The Balaban J connectivity index is 1.65. The van der Waals surface area contributed by atoms with Crippen molar-refractivity contribution in [3.8, 4) is 11.5 Å². The van der Waals surface area contributed by atoms with E-state index in [1.54, 1.807) is 0 Å². The van der Waals surface area contributed by atoms with E-state index in [4.69, 9.17) is 8.83 Å². The molecule has 0 bridgehead atoms. The maximum absolute atomic E-state index is 12.5. The molecule has 0 aliphatic carbocycles. The summed E-state index contributed by atoms with van der Waals surface area (Å²) in [4.78, 5) is 14.5. The van der Waals surface area contributed by atoms with E-state index < -0.39 is 0 Å². The lowest BCUT2D eigenvalue weighted by Crippen LogP contribution is -2.33. The molecule has 0 aliphatic heterocycles. The van der Waals surface area contributed by atoms with Crippen LogP contribution < -0.4 is 5.32 Å². The van der Waals surface area contributed by atoms with Crippen molar-refractivity contribution < 1.29 is 13.6 Å². The number of nitrogens with one attached hydrogen (secondary N) is 1. The van der Waals surface area contributed by atoms with Gasteiger partial charge in [0, 0.05) is 5.69 Å². The molecule has 0 radical (unpaired) electrons. The first kappa shape index (κ1) is 19.8. The number of aryl methyl sites for hydroxylation is 3. The Hall–Kier alpha value is -2.93. The SMILES string of the molecule is CCCN(CC(=O)Nc1ccccc1C)Cc1nnc(-c2cc(C)oc2C)o1. The minimum absolute atomic E-state index is 0.0659. The minimum Gasteiger partial charge on any atom is -0.466 e. The van der Waals surface area contributed by atoms with Gasteiger partial charge < -0.3 is 14.2 Å². The molecular formula is C21H26N4O3. The van der Waals surface area contributed by atoms with Crippen LogP contribution in [0.2, 0.25) is 0 Å². The first-order valence-corrected chi connectivity index (χ1v) is 9.44. The Bertz CT molecular complexity index is 945. The van der Waals surface area contributed by atoms with Crippen LogP contribution in [0.1, 0.15) is 36.3 Å². The molecule has 0 atom stereocenters. The van der Waals surface area contributed by atoms with E-state index in [1.165, 1.54) is 0 Å². The van der Waals surface area contributed by atoms with E-state index in [0.717, 1.165) is 41.3 Å². The minimum atomic E-state index is -0.0659. The van der Waals surface area contributed by atoms with Crippen molar-refractivity contribution in [1.29, 1.82) is 0 Å². The van der Waals surface area contributed by atoms with Gasteiger partial charge in [-0.15, -0.1) is 10.2 Å². The van der Waals surface area contributed by atoms with Crippen LogP contribution in [0.15, 0.2) is 39.2 Å². The maximum atomic E-state index is 12.5. The summed E-state index contributed by atoms with van der Waals surface area (Å²) in [5.74, 6) is 2.39. The average molecular weight is 382 g/mol. The highest BCUT2D eigenvalue weighted by molar-refractivity contribution is 5.92. The monoisotopic (exact) mass is 382 g/mol. The predicted octanol–water partition coefficient (Wildman–Crippen LogP) is 4.11. The normalized spacial score (nSPS) is 11.2. The number of carbonyl (C=O) groups excluding carboxylic acids is 1. The molecule has 0 saturated heterocycles. The molecule has 28 heavy (non-hydrogen) atoms. The molecule has 0 unspecified atom stereocenters. The van der Waals surface area contributed by atoms with Gasteiger partial charge in [-0.25, -0.2) is 0 Å². The van der Waals surface area contributed by atoms with Crippen LogP contribution in [0.5, 0.6) is 0 Å². The predicted molar refractivity (Wildman–Crippen MR) is 107 cm³/mol. The van der Waals surface area contributed by atoms with E-state index >= 15 is 0 Å². The molecule has 7 heteroatoms. The van der Waals surface area contributed by atoms with Crippen LogP contribution in [0.3, 0.4) is 0 Å². The lowest BCUT2D eigenvalue weighted by molar-refractivity contribution is -0.117. The maximum Gasteiger partial charge on any atom is 0.251 e. The summed E-state index contributed by atoms with van der Waals surface area (Å²) >= 11 is 0. The first-order chi connectivity index (χ1) is 13.5. The van der Waals surface area contributed by atoms with E-state index in [2.05, 4.69) is 22.4 Å². The molecule has 1 N–H and O–H groups in total. The van der Waals surface area contributed by atoms with Crippen LogP contribution in [-0.2, 0) is 11.3 Å². The third kappa shape index (κ3) is 4.86. The van der Waals surface area contributed by atoms with Gasteiger partial charge in [0.1, 0.15) is 11.5 Å². The van der Waals surface area contributed by atoms with E-state index in [0.29, 0.717) is 18.3 Å². The topological polar surface area (TPSA) is 84.4 Å². The summed E-state index contributed by atoms with van der Waals surface area (Å²) in [6, 6.07) is 9.61. The van der Waals surface area contributed by atoms with Crippen molar-refractivity contribution in [2.75, 3.05) is 18.4 Å². The standard InChI is InChI=1S/C21H26N4O3/c1-5-10-25(12-19(26)22-18-9-7-6-8-14(18)2)13-20-23-24-21(28-20)17-11-15(3)27-16(17)4/h6-9,11H,5,10,12-13H2,1-4H3,(H,22,26). The molecule has 3 rings (SSSR count). The molecule has 3 aromatic rings. The van der Waals surface area contributed by atoms with Crippen LogP contribution in [0.4, 0.5) is 5.69 Å². The van der Waals surface area contributed by atoms with Crippen LogP contribution >= 0.6 is 0 Å². The van der Waals surface area contributed by atoms with Gasteiger partial charge in [0.05, 0.1) is 18.7 Å². The third-order valence-electron chi connectivity index (χ3n) is 4.42. The van der Waals surface area contributed by atoms with Crippen molar-refractivity contribution in [3.05, 3.63) is 53.3 Å². The first-order valence-electron chi connectivity index (χ1n) is 9.44. The van der Waals surface area contributed by atoms with Crippen molar-refractivity contribution in [1.82, 2.24) is 15.1 Å². The Morgan fingerprint density at radius 2 is 1.93 bits per heavy atom. The number of furan rings is 1. The Morgan fingerprint density at radius 1 is 1.14 bits per heavy atom. The third-order valence-corrected chi connectivity index (χ3v) is 4.42. The summed E-state index contributed by atoms with van der Waals surface area (Å²) in [5.41, 5.74) is 2.66. The van der Waals surface area contributed by atoms with Crippen molar-refractivity contribution in [2.24, 2.45) is 0 Å². The highest BCUT2D eigenvalue weighted by atomic mass is 16.4. The number of aromatic nitrogens is 2. The molecule has 1 amide bonds. The van der Waals surface area contributed by atoms with Crippen LogP contribution in [-0.4, -0.2) is 34.1 Å². The molecule has 2 heterocycles. The number of nitrogens with zero attached hydrogens (tertiary/aromatic N) is 3. The fraction of sp³-hybridized carbons (Fsp3) is 0.381. The molecule has 0 aliphatic rings. The van der Waals surface area contributed by atoms with E-state index in [9.17, 15) is 4.79 Å². The number of hydrogen-bond donors (Lipinski definition) is 1. The fourth-order valence-electron chi connectivity index (χ4n) is 3.10. The molecule has 2 aromatic heterocycles. The zero-order valence-electron chi connectivity index (χ0n) is 16.8. The molecule has 0 spiro atoms. The van der Waals surface area contributed by atoms with Gasteiger partial charge in [-0.1, -0.05) is 25.1 Å². The molecular weight excluding hydrogens is 356 g/mol. The summed E-state index contributed by atoms with van der Waals surface area (Å²) in [6.45, 7) is 9.21. The van der Waals surface area contributed by atoms with E-state index in [-0.39, 0.29) is 12.5 Å². The van der Waals surface area contributed by atoms with Crippen LogP contribution in [0.25, 0.3) is 11.5 Å². The lowest BCUT2D eigenvalue weighted by Gasteiger charge is -2.19. The molecule has 7 nitrogen and oxygen atoms in total. The second-order valence-corrected chi connectivity index (χ2v) is 6.90. The summed E-state index contributed by atoms with van der Waals surface area (Å²) in [7, 11) is 0. The van der Waals surface area contributed by atoms with E-state index in [1.807, 2.05) is 56.0 Å². The van der Waals surface area contributed by atoms with Gasteiger partial charge in [0.2, 0.25) is 11.8 Å². The van der Waals surface area contributed by atoms with Gasteiger partial charge in [-0.3, -0.25) is 9.69 Å². The molecule has 148 valence electrons. The zero-order valence-corrected chi connectivity index (χ0v) is 16.8. The largest absolute Gasteiger partial charge is 0.466 e. The second-order valence-electron chi connectivity index (χ2n) is 6.90. The van der Waals surface area contributed by atoms with Crippen molar-refractivity contribution in [2.45, 2.75) is 40.7 Å². The Labute approximate surface area is 164 Å². The summed E-state index contributed by atoms with van der Waals surface area (Å²) in [6.07, 6.45) is 0.915. The highest BCUT2D eigenvalue weighted by Gasteiger charge is 2.18. The summed E-state index contributed by atoms with van der Waals surface area (Å²) in [5, 5.41) is 11.2. The number of rotatable bonds is 8. The number of anilines is 1. The number of amides is 1. The molecule has 0 fully saturated rings. The summed E-state index contributed by atoms with van der Waals surface area (Å²) < 4.78 is 11.3. The number of hydrogen-bond acceptors (Lipinski definition) is 6. The zero-order chi connectivity index (χ0) is 20.1. The smallest absolute Gasteiger partial charge is 0.251 e. The lowest BCUT2D eigenvalue weighted by atomic mass is 10.2. The molecule has 1 aromatic carbocycles. The van der Waals surface area contributed by atoms with Gasteiger partial charge in [-0.05, 0) is 51.4 Å². The molecule has 0 saturated carbocycles. The van der Waals surface area contributed by atoms with Gasteiger partial charge >= 0.3 is 0 Å². The quantitative estimate of drug-likeness (QED) is 0.631.